The molecule has 0 aliphatic heterocycles. The lowest BCUT2D eigenvalue weighted by atomic mass is 9.70. The third kappa shape index (κ3) is 2.92. The Morgan fingerprint density at radius 1 is 1.10 bits per heavy atom. The van der Waals surface area contributed by atoms with Crippen LogP contribution in [0.4, 0.5) is 22.0 Å². The maximum absolute atomic E-state index is 13.2. The molecule has 20 heavy (non-hydrogen) atoms. The SMILES string of the molecule is NCC1(c2cccc(C(F)(F)F)n2)CCC(F)(F)CC1. The maximum Gasteiger partial charge on any atom is 0.433 e. The Labute approximate surface area is 113 Å². The molecule has 1 saturated carbocycles. The van der Waals surface area contributed by atoms with E-state index in [2.05, 4.69) is 4.98 Å². The third-order valence-corrected chi connectivity index (χ3v) is 3.91. The highest BCUT2D eigenvalue weighted by Gasteiger charge is 2.45. The van der Waals surface area contributed by atoms with Crippen molar-refractivity contribution in [2.75, 3.05) is 6.54 Å². The van der Waals surface area contributed by atoms with Crippen LogP contribution in [0.5, 0.6) is 0 Å². The van der Waals surface area contributed by atoms with E-state index in [1.165, 1.54) is 12.1 Å². The van der Waals surface area contributed by atoms with Gasteiger partial charge in [-0.05, 0) is 25.0 Å². The van der Waals surface area contributed by atoms with Crippen molar-refractivity contribution in [2.24, 2.45) is 5.73 Å². The van der Waals surface area contributed by atoms with Crippen LogP contribution in [0.1, 0.15) is 37.1 Å². The fraction of sp³-hybridized carbons (Fsp3) is 0.615. The fourth-order valence-corrected chi connectivity index (χ4v) is 2.55. The molecule has 2 nitrogen and oxygen atoms in total. The van der Waals surface area contributed by atoms with Crippen LogP contribution in [0.3, 0.4) is 0 Å². The molecule has 2 rings (SSSR count). The highest BCUT2D eigenvalue weighted by molar-refractivity contribution is 5.23. The van der Waals surface area contributed by atoms with Gasteiger partial charge in [-0.1, -0.05) is 6.07 Å². The quantitative estimate of drug-likeness (QED) is 0.848. The fourth-order valence-electron chi connectivity index (χ4n) is 2.55. The molecule has 0 amide bonds. The second-order valence-electron chi connectivity index (χ2n) is 5.25. The Balaban J connectivity index is 2.33. The summed E-state index contributed by atoms with van der Waals surface area (Å²) in [6, 6.07) is 3.55. The summed E-state index contributed by atoms with van der Waals surface area (Å²) in [5, 5.41) is 0. The summed E-state index contributed by atoms with van der Waals surface area (Å²) < 4.78 is 64.5. The minimum absolute atomic E-state index is 0.0113. The van der Waals surface area contributed by atoms with Crippen LogP contribution in [-0.4, -0.2) is 17.5 Å². The van der Waals surface area contributed by atoms with Gasteiger partial charge >= 0.3 is 6.18 Å². The number of pyridine rings is 1. The lowest BCUT2D eigenvalue weighted by Crippen LogP contribution is -2.42. The van der Waals surface area contributed by atoms with Gasteiger partial charge in [0.25, 0.3) is 0 Å². The van der Waals surface area contributed by atoms with Gasteiger partial charge in [0, 0.05) is 30.5 Å². The van der Waals surface area contributed by atoms with E-state index in [0.29, 0.717) is 0 Å². The number of aromatic nitrogens is 1. The van der Waals surface area contributed by atoms with E-state index in [0.717, 1.165) is 6.07 Å². The van der Waals surface area contributed by atoms with Crippen LogP contribution in [0, 0.1) is 0 Å². The third-order valence-electron chi connectivity index (χ3n) is 3.91. The number of alkyl halides is 5. The van der Waals surface area contributed by atoms with Gasteiger partial charge in [0.1, 0.15) is 5.69 Å². The normalized spacial score (nSPS) is 21.7. The predicted molar refractivity (Wildman–Crippen MR) is 63.4 cm³/mol. The van der Waals surface area contributed by atoms with Crippen molar-refractivity contribution in [1.29, 1.82) is 0 Å². The highest BCUT2D eigenvalue weighted by atomic mass is 19.4. The number of nitrogens with zero attached hydrogens (tertiary/aromatic N) is 1. The maximum atomic E-state index is 13.2. The molecule has 0 aromatic carbocycles. The van der Waals surface area contributed by atoms with Gasteiger partial charge in [-0.15, -0.1) is 0 Å². The minimum Gasteiger partial charge on any atom is -0.330 e. The van der Waals surface area contributed by atoms with E-state index in [-0.39, 0.29) is 37.9 Å². The number of nitrogens with two attached hydrogens (primary N) is 1. The Hall–Kier alpha value is -1.24. The molecule has 0 spiro atoms. The monoisotopic (exact) mass is 294 g/mol. The average Bonchev–Trinajstić information content (AvgIpc) is 2.39. The highest BCUT2D eigenvalue weighted by Crippen LogP contribution is 2.44. The molecular formula is C13H15F5N2. The molecule has 1 aromatic rings. The van der Waals surface area contributed by atoms with Crippen molar-refractivity contribution in [3.8, 4) is 0 Å². The standard InChI is InChI=1S/C13H15F5N2/c14-12(15)6-4-11(8-19,5-7-12)9-2-1-3-10(20-9)13(16,17)18/h1-3H,4-8,19H2. The van der Waals surface area contributed by atoms with Crippen molar-refractivity contribution < 1.29 is 22.0 Å². The lowest BCUT2D eigenvalue weighted by Gasteiger charge is -2.39. The van der Waals surface area contributed by atoms with Crippen molar-refractivity contribution in [3.63, 3.8) is 0 Å². The number of hydrogen-bond donors (Lipinski definition) is 1. The number of halogens is 5. The van der Waals surface area contributed by atoms with Crippen molar-refractivity contribution >= 4 is 0 Å². The topological polar surface area (TPSA) is 38.9 Å². The Kier molecular flexibility index (Phi) is 3.75. The van der Waals surface area contributed by atoms with Gasteiger partial charge in [0.15, 0.2) is 0 Å². The van der Waals surface area contributed by atoms with Gasteiger partial charge in [-0.2, -0.15) is 13.2 Å². The summed E-state index contributed by atoms with van der Waals surface area (Å²) in [6.45, 7) is 0.0113. The largest absolute Gasteiger partial charge is 0.433 e. The molecule has 1 heterocycles. The van der Waals surface area contributed by atoms with E-state index in [1.807, 2.05) is 0 Å². The molecule has 1 aliphatic rings. The predicted octanol–water partition coefficient (Wildman–Crippen LogP) is 3.51. The van der Waals surface area contributed by atoms with Crippen LogP contribution < -0.4 is 5.73 Å². The molecule has 0 radical (unpaired) electrons. The lowest BCUT2D eigenvalue weighted by molar-refractivity contribution is -0.141. The summed E-state index contributed by atoms with van der Waals surface area (Å²) in [4.78, 5) is 3.61. The van der Waals surface area contributed by atoms with Crippen molar-refractivity contribution in [3.05, 3.63) is 29.6 Å². The van der Waals surface area contributed by atoms with Crippen LogP contribution in [0.2, 0.25) is 0 Å². The smallest absolute Gasteiger partial charge is 0.330 e. The van der Waals surface area contributed by atoms with Crippen molar-refractivity contribution in [2.45, 2.75) is 43.2 Å². The van der Waals surface area contributed by atoms with Crippen LogP contribution >= 0.6 is 0 Å². The zero-order valence-corrected chi connectivity index (χ0v) is 10.7. The minimum atomic E-state index is -4.55. The van der Waals surface area contributed by atoms with Gasteiger partial charge in [-0.3, -0.25) is 0 Å². The molecule has 2 N–H and O–H groups in total. The summed E-state index contributed by atoms with van der Waals surface area (Å²) in [5.41, 5.74) is 3.91. The molecule has 0 saturated heterocycles. The summed E-state index contributed by atoms with van der Waals surface area (Å²) >= 11 is 0. The summed E-state index contributed by atoms with van der Waals surface area (Å²) in [6.07, 6.45) is -5.20. The molecule has 1 aromatic heterocycles. The van der Waals surface area contributed by atoms with Crippen molar-refractivity contribution in [1.82, 2.24) is 4.98 Å². The summed E-state index contributed by atoms with van der Waals surface area (Å²) in [7, 11) is 0. The first kappa shape index (κ1) is 15.2. The molecular weight excluding hydrogens is 279 g/mol. The van der Waals surface area contributed by atoms with Gasteiger partial charge in [0.2, 0.25) is 5.92 Å². The van der Waals surface area contributed by atoms with Gasteiger partial charge in [0.05, 0.1) is 0 Å². The van der Waals surface area contributed by atoms with Crippen LogP contribution in [0.25, 0.3) is 0 Å². The van der Waals surface area contributed by atoms with Crippen LogP contribution in [-0.2, 0) is 11.6 Å². The first-order chi connectivity index (χ1) is 9.19. The van der Waals surface area contributed by atoms with E-state index >= 15 is 0 Å². The van der Waals surface area contributed by atoms with Gasteiger partial charge in [-0.25, -0.2) is 13.8 Å². The molecule has 0 unspecified atom stereocenters. The molecule has 1 fully saturated rings. The molecule has 112 valence electrons. The molecule has 0 atom stereocenters. The zero-order chi connectivity index (χ0) is 15.0. The summed E-state index contributed by atoms with van der Waals surface area (Å²) in [5.74, 6) is -2.76. The molecule has 0 bridgehead atoms. The Morgan fingerprint density at radius 3 is 2.20 bits per heavy atom. The second-order valence-corrected chi connectivity index (χ2v) is 5.25. The first-order valence-corrected chi connectivity index (χ1v) is 6.31. The molecule has 1 aliphatic carbocycles. The molecule has 7 heteroatoms. The average molecular weight is 294 g/mol. The first-order valence-electron chi connectivity index (χ1n) is 6.31. The van der Waals surface area contributed by atoms with E-state index in [1.54, 1.807) is 0 Å². The Morgan fingerprint density at radius 2 is 1.70 bits per heavy atom. The second kappa shape index (κ2) is 4.95. The number of hydrogen-bond acceptors (Lipinski definition) is 2. The zero-order valence-electron chi connectivity index (χ0n) is 10.7. The van der Waals surface area contributed by atoms with Crippen LogP contribution in [0.15, 0.2) is 18.2 Å². The van der Waals surface area contributed by atoms with E-state index in [9.17, 15) is 22.0 Å². The Bertz CT molecular complexity index is 474. The van der Waals surface area contributed by atoms with E-state index in [4.69, 9.17) is 5.73 Å². The van der Waals surface area contributed by atoms with E-state index < -0.39 is 23.2 Å². The number of rotatable bonds is 2. The van der Waals surface area contributed by atoms with Gasteiger partial charge < -0.3 is 5.73 Å².